The minimum Gasteiger partial charge on any atom is -0.490 e. The van der Waals surface area contributed by atoms with E-state index in [4.69, 9.17) is 44.1 Å². The fraction of sp³-hybridized carbons (Fsp3) is 0.316. The van der Waals surface area contributed by atoms with Gasteiger partial charge in [0, 0.05) is 17.4 Å². The third-order valence-corrected chi connectivity index (χ3v) is 5.69. The topological polar surface area (TPSA) is 35.3 Å². The van der Waals surface area contributed by atoms with E-state index in [1.165, 1.54) is 11.3 Å². The second-order valence-corrected chi connectivity index (χ2v) is 8.50. The van der Waals surface area contributed by atoms with Crippen molar-refractivity contribution < 1.29 is 9.26 Å². The van der Waals surface area contributed by atoms with Crippen molar-refractivity contribution in [2.75, 3.05) is 6.61 Å². The first-order valence-electron chi connectivity index (χ1n) is 8.32. The second kappa shape index (κ2) is 9.14. The van der Waals surface area contributed by atoms with Gasteiger partial charge in [0.1, 0.15) is 5.76 Å². The van der Waals surface area contributed by atoms with Gasteiger partial charge in [0.15, 0.2) is 5.75 Å². The molecule has 2 heterocycles. The molecule has 0 saturated heterocycles. The molecule has 0 spiro atoms. The number of rotatable bonds is 8. The molecule has 0 fully saturated rings. The molecule has 0 bridgehead atoms. The molecule has 0 unspecified atom stereocenters. The molecule has 0 aliphatic carbocycles. The summed E-state index contributed by atoms with van der Waals surface area (Å²) in [7, 11) is 0. The average Bonchev–Trinajstić information content (AvgIpc) is 3.21. The van der Waals surface area contributed by atoms with Gasteiger partial charge in [0.2, 0.25) is 0 Å². The third-order valence-electron chi connectivity index (χ3n) is 3.85. The summed E-state index contributed by atoms with van der Waals surface area (Å²) < 4.78 is 11.7. The van der Waals surface area contributed by atoms with Crippen LogP contribution in [0.15, 0.2) is 34.9 Å². The average molecular weight is 431 g/mol. The van der Waals surface area contributed by atoms with Crippen LogP contribution in [0.5, 0.6) is 5.75 Å². The van der Waals surface area contributed by atoms with E-state index in [0.29, 0.717) is 22.4 Å². The van der Waals surface area contributed by atoms with Gasteiger partial charge < -0.3 is 9.26 Å². The highest BCUT2D eigenvalue weighted by Crippen LogP contribution is 2.40. The Bertz CT molecular complexity index is 852. The maximum absolute atomic E-state index is 6.36. The van der Waals surface area contributed by atoms with Crippen LogP contribution in [0.3, 0.4) is 0 Å². The Morgan fingerprint density at radius 2 is 1.81 bits per heavy atom. The van der Waals surface area contributed by atoms with Crippen molar-refractivity contribution in [2.45, 2.75) is 32.6 Å². The van der Waals surface area contributed by atoms with Crippen LogP contribution in [0.2, 0.25) is 14.4 Å². The van der Waals surface area contributed by atoms with Crippen molar-refractivity contribution >= 4 is 46.1 Å². The van der Waals surface area contributed by atoms with Crippen molar-refractivity contribution in [2.24, 2.45) is 0 Å². The molecule has 0 N–H and O–H groups in total. The summed E-state index contributed by atoms with van der Waals surface area (Å²) in [6, 6.07) is 9.49. The van der Waals surface area contributed by atoms with Crippen LogP contribution in [0.1, 0.15) is 30.7 Å². The lowest BCUT2D eigenvalue weighted by molar-refractivity contribution is 0.304. The summed E-state index contributed by atoms with van der Waals surface area (Å²) in [6.07, 6.45) is 3.86. The first-order chi connectivity index (χ1) is 12.5. The van der Waals surface area contributed by atoms with Gasteiger partial charge in [-0.1, -0.05) is 40.0 Å². The van der Waals surface area contributed by atoms with Gasteiger partial charge in [0.05, 0.1) is 26.7 Å². The van der Waals surface area contributed by atoms with Gasteiger partial charge in [-0.05, 0) is 56.0 Å². The highest BCUT2D eigenvalue weighted by atomic mass is 35.5. The minimum absolute atomic E-state index is 0.508. The van der Waals surface area contributed by atoms with E-state index in [1.807, 2.05) is 37.3 Å². The maximum atomic E-state index is 6.36. The molecule has 0 aliphatic heterocycles. The van der Waals surface area contributed by atoms with Crippen LogP contribution in [0.4, 0.5) is 0 Å². The van der Waals surface area contributed by atoms with Gasteiger partial charge in [-0.2, -0.15) is 0 Å². The smallest absolute Gasteiger partial charge is 0.156 e. The Labute approximate surface area is 171 Å². The van der Waals surface area contributed by atoms with Crippen molar-refractivity contribution in [1.82, 2.24) is 5.16 Å². The summed E-state index contributed by atoms with van der Waals surface area (Å²) in [4.78, 5) is 1.02. The number of unbranched alkanes of at least 4 members (excludes halogenated alkanes) is 2. The fourth-order valence-electron chi connectivity index (χ4n) is 2.60. The van der Waals surface area contributed by atoms with Crippen LogP contribution in [0, 0.1) is 6.92 Å². The molecular formula is C19H18Cl3NO2S. The molecule has 26 heavy (non-hydrogen) atoms. The van der Waals surface area contributed by atoms with Gasteiger partial charge in [-0.3, -0.25) is 0 Å². The number of aryl methyl sites for hydroxylation is 2. The van der Waals surface area contributed by atoms with Gasteiger partial charge >= 0.3 is 0 Å². The van der Waals surface area contributed by atoms with Crippen molar-refractivity contribution in [3.8, 4) is 16.2 Å². The number of aromatic nitrogens is 1. The molecule has 2 aromatic heterocycles. The van der Waals surface area contributed by atoms with Crippen LogP contribution in [0.25, 0.3) is 10.4 Å². The third kappa shape index (κ3) is 5.17. The van der Waals surface area contributed by atoms with E-state index in [2.05, 4.69) is 5.16 Å². The summed E-state index contributed by atoms with van der Waals surface area (Å²) in [6.45, 7) is 2.49. The number of benzene rings is 1. The van der Waals surface area contributed by atoms with E-state index in [9.17, 15) is 0 Å². The number of hydrogen-bond donors (Lipinski definition) is 0. The number of hydrogen-bond acceptors (Lipinski definition) is 4. The lowest BCUT2D eigenvalue weighted by Crippen LogP contribution is -1.99. The summed E-state index contributed by atoms with van der Waals surface area (Å²) in [5, 5.41) is 4.90. The molecular weight excluding hydrogens is 413 g/mol. The molecule has 0 saturated carbocycles. The SMILES string of the molecule is Cc1cc(CCCCCOc2c(Cl)cc(-c3ccc(Cl)s3)cc2Cl)on1. The van der Waals surface area contributed by atoms with E-state index in [1.54, 1.807) is 0 Å². The van der Waals surface area contributed by atoms with E-state index >= 15 is 0 Å². The van der Waals surface area contributed by atoms with E-state index in [-0.39, 0.29) is 0 Å². The minimum atomic E-state index is 0.508. The normalized spacial score (nSPS) is 11.1. The standard InChI is InChI=1S/C19H18Cl3NO2S/c1-12-9-14(25-23-12)5-3-2-4-8-24-19-15(20)10-13(11-16(19)21)17-6-7-18(22)26-17/h6-7,9-11H,2-5,8H2,1H3. The van der Waals surface area contributed by atoms with Crippen LogP contribution in [-0.4, -0.2) is 11.8 Å². The van der Waals surface area contributed by atoms with Crippen molar-refractivity contribution in [1.29, 1.82) is 0 Å². The zero-order valence-electron chi connectivity index (χ0n) is 14.2. The van der Waals surface area contributed by atoms with Gasteiger partial charge in [0.25, 0.3) is 0 Å². The summed E-state index contributed by atoms with van der Waals surface area (Å²) in [5.74, 6) is 1.46. The molecule has 0 atom stereocenters. The van der Waals surface area contributed by atoms with Crippen LogP contribution < -0.4 is 4.74 Å². The predicted molar refractivity (Wildman–Crippen MR) is 109 cm³/mol. The molecule has 3 rings (SSSR count). The van der Waals surface area contributed by atoms with Gasteiger partial charge in [-0.25, -0.2) is 0 Å². The number of thiophene rings is 1. The quantitative estimate of drug-likeness (QED) is 0.348. The second-order valence-electron chi connectivity index (χ2n) is 5.97. The molecule has 138 valence electrons. The highest BCUT2D eigenvalue weighted by Gasteiger charge is 2.12. The van der Waals surface area contributed by atoms with Crippen LogP contribution >= 0.6 is 46.1 Å². The van der Waals surface area contributed by atoms with Gasteiger partial charge in [-0.15, -0.1) is 11.3 Å². The molecule has 7 heteroatoms. The lowest BCUT2D eigenvalue weighted by Gasteiger charge is -2.11. The Kier molecular flexibility index (Phi) is 6.87. The number of ether oxygens (including phenoxy) is 1. The number of halogens is 3. The Morgan fingerprint density at radius 3 is 2.42 bits per heavy atom. The number of nitrogens with zero attached hydrogens (tertiary/aromatic N) is 1. The monoisotopic (exact) mass is 429 g/mol. The maximum Gasteiger partial charge on any atom is 0.156 e. The Morgan fingerprint density at radius 1 is 1.04 bits per heavy atom. The Hall–Kier alpha value is -1.20. The summed E-state index contributed by atoms with van der Waals surface area (Å²) >= 11 is 20.2. The predicted octanol–water partition coefficient (Wildman–Crippen LogP) is 7.46. The zero-order valence-corrected chi connectivity index (χ0v) is 17.3. The largest absolute Gasteiger partial charge is 0.490 e. The van der Waals surface area contributed by atoms with Crippen molar-refractivity contribution in [3.05, 3.63) is 56.2 Å². The lowest BCUT2D eigenvalue weighted by atomic mass is 10.1. The van der Waals surface area contributed by atoms with Crippen LogP contribution in [-0.2, 0) is 6.42 Å². The van der Waals surface area contributed by atoms with E-state index < -0.39 is 0 Å². The Balaban J connectivity index is 1.48. The highest BCUT2D eigenvalue weighted by molar-refractivity contribution is 7.19. The molecule has 3 aromatic rings. The molecule has 0 aliphatic rings. The first kappa shape index (κ1) is 19.6. The molecule has 3 nitrogen and oxygen atoms in total. The summed E-state index contributed by atoms with van der Waals surface area (Å²) in [5.41, 5.74) is 1.85. The van der Waals surface area contributed by atoms with Crippen molar-refractivity contribution in [3.63, 3.8) is 0 Å². The zero-order chi connectivity index (χ0) is 18.5. The fourth-order valence-corrected chi connectivity index (χ4v) is 4.22. The van der Waals surface area contributed by atoms with E-state index in [0.717, 1.165) is 51.9 Å². The first-order valence-corrected chi connectivity index (χ1v) is 10.3. The molecule has 1 aromatic carbocycles. The molecule has 0 amide bonds. The molecule has 0 radical (unpaired) electrons.